The summed E-state index contributed by atoms with van der Waals surface area (Å²) in [5, 5.41) is 0. The average molecular weight is 626 g/mol. The van der Waals surface area contributed by atoms with Crippen LogP contribution in [0.15, 0.2) is 114 Å². The van der Waals surface area contributed by atoms with Crippen molar-refractivity contribution >= 4 is 9.73 Å². The number of nitrogens with one attached hydrogen (secondary N) is 1. The molecule has 0 aromatic heterocycles. The first-order valence-electron chi connectivity index (χ1n) is 15.7. The maximum Gasteiger partial charge on any atom is 0.113 e. The largest absolute Gasteiger partial charge is 0.374 e. The van der Waals surface area contributed by atoms with Crippen molar-refractivity contribution < 1.29 is 23.2 Å². The molecule has 0 spiro atoms. The van der Waals surface area contributed by atoms with Crippen molar-refractivity contribution in [1.29, 1.82) is 4.78 Å². The van der Waals surface area contributed by atoms with Gasteiger partial charge in [0, 0.05) is 11.7 Å². The summed E-state index contributed by atoms with van der Waals surface area (Å²) >= 11 is 0. The number of fused-ring (bicyclic) bond motifs is 3. The summed E-state index contributed by atoms with van der Waals surface area (Å²) in [6.07, 6.45) is -1.85. The monoisotopic (exact) mass is 625 g/mol. The lowest BCUT2D eigenvalue weighted by atomic mass is 9.81. The van der Waals surface area contributed by atoms with Crippen molar-refractivity contribution in [2.24, 2.45) is 5.92 Å². The first kappa shape index (κ1) is 31.6. The molecule has 2 heterocycles. The quantitative estimate of drug-likeness (QED) is 0.194. The fourth-order valence-corrected chi connectivity index (χ4v) is 8.26. The van der Waals surface area contributed by atoms with Crippen LogP contribution in [0.3, 0.4) is 0 Å². The topological polar surface area (TPSA) is 77.8 Å². The summed E-state index contributed by atoms with van der Waals surface area (Å²) < 4.78 is 49.8. The van der Waals surface area contributed by atoms with Crippen molar-refractivity contribution in [2.75, 3.05) is 12.4 Å². The summed E-state index contributed by atoms with van der Waals surface area (Å²) in [5.41, 5.74) is 4.97. The van der Waals surface area contributed by atoms with Gasteiger partial charge in [0.2, 0.25) is 0 Å². The maximum atomic E-state index is 14.1. The summed E-state index contributed by atoms with van der Waals surface area (Å²) in [7, 11) is -3.10. The van der Waals surface area contributed by atoms with Crippen molar-refractivity contribution in [1.82, 2.24) is 0 Å². The van der Waals surface area contributed by atoms with Crippen LogP contribution in [0.1, 0.15) is 54.7 Å². The fraction of sp³-hybridized carbons (Fsp3) is 0.368. The van der Waals surface area contributed by atoms with Crippen molar-refractivity contribution in [2.45, 2.75) is 75.3 Å². The number of hydrogen-bond acceptors (Lipinski definition) is 6. The molecule has 236 valence electrons. The molecule has 1 saturated heterocycles. The Balaban J connectivity index is 1.37. The number of ether oxygens (including phenoxy) is 4. The van der Waals surface area contributed by atoms with Gasteiger partial charge in [-0.05, 0) is 39.3 Å². The van der Waals surface area contributed by atoms with E-state index in [-0.39, 0.29) is 17.1 Å². The van der Waals surface area contributed by atoms with Gasteiger partial charge in [0.25, 0.3) is 0 Å². The van der Waals surface area contributed by atoms with Crippen LogP contribution in [0.25, 0.3) is 0 Å². The lowest BCUT2D eigenvalue weighted by Crippen LogP contribution is -2.57. The molecule has 45 heavy (non-hydrogen) atoms. The normalized spacial score (nSPS) is 26.2. The Labute approximate surface area is 267 Å². The minimum absolute atomic E-state index is 0.123. The summed E-state index contributed by atoms with van der Waals surface area (Å²) in [6, 6.07) is 36.2. The van der Waals surface area contributed by atoms with Crippen molar-refractivity contribution in [3.05, 3.63) is 137 Å². The highest BCUT2D eigenvalue weighted by atomic mass is 32.2. The second kappa shape index (κ2) is 13.6. The second-order valence-electron chi connectivity index (χ2n) is 13.1. The minimum atomic E-state index is -3.10. The predicted octanol–water partition coefficient (Wildman–Crippen LogP) is 7.85. The minimum Gasteiger partial charge on any atom is -0.374 e. The summed E-state index contributed by atoms with van der Waals surface area (Å²) in [6.45, 7) is 7.96. The summed E-state index contributed by atoms with van der Waals surface area (Å²) in [5.74, 6) is -0.200. The van der Waals surface area contributed by atoms with Gasteiger partial charge in [0.15, 0.2) is 0 Å². The third-order valence-corrected chi connectivity index (χ3v) is 10.7. The molecule has 7 heteroatoms. The van der Waals surface area contributed by atoms with E-state index >= 15 is 0 Å². The standard InChI is InChI=1S/C38H43NO5S/c1-38(2,3)30-19-20-34-31(21-30)35-32(26-45(34,39)40)36(42-23-28-15-9-5-10-16-28)37(43-24-29-17-11-6-12-18-29)33(44-35)25-41-22-27-13-7-4-8-14-27/h4-21,32-33,35-37,39H,22-26H2,1-3H3/t32-,33+,35+,36+,37+,45+/m0/s1. The van der Waals surface area contributed by atoms with Gasteiger partial charge in [-0.1, -0.05) is 124 Å². The molecule has 2 aliphatic rings. The molecular weight excluding hydrogens is 582 g/mol. The fourth-order valence-electron chi connectivity index (χ4n) is 6.33. The van der Waals surface area contributed by atoms with E-state index in [0.717, 1.165) is 27.8 Å². The van der Waals surface area contributed by atoms with E-state index in [0.29, 0.717) is 31.3 Å². The van der Waals surface area contributed by atoms with Gasteiger partial charge in [-0.2, -0.15) is 0 Å². The smallest absolute Gasteiger partial charge is 0.113 e. The average Bonchev–Trinajstić information content (AvgIpc) is 3.04. The first-order valence-corrected chi connectivity index (χ1v) is 17.4. The third-order valence-electron chi connectivity index (χ3n) is 8.75. The van der Waals surface area contributed by atoms with E-state index in [9.17, 15) is 4.21 Å². The zero-order valence-electron chi connectivity index (χ0n) is 26.3. The molecule has 0 bridgehead atoms. The first-order chi connectivity index (χ1) is 21.7. The van der Waals surface area contributed by atoms with Gasteiger partial charge in [0.05, 0.1) is 53.3 Å². The van der Waals surface area contributed by atoms with E-state index < -0.39 is 34.1 Å². The molecule has 0 saturated carbocycles. The maximum absolute atomic E-state index is 14.1. The molecule has 4 aromatic rings. The highest BCUT2D eigenvalue weighted by Gasteiger charge is 2.52. The Hall–Kier alpha value is -3.33. The van der Waals surface area contributed by atoms with Crippen LogP contribution in [0.5, 0.6) is 0 Å². The van der Waals surface area contributed by atoms with Gasteiger partial charge >= 0.3 is 0 Å². The molecule has 6 rings (SSSR count). The SMILES string of the molecule is CC(C)(C)c1ccc2c(c1)[C@H]1O[C@H](COCc3ccccc3)[C@@H](OCc3ccccc3)[C@H](OCc3ccccc3)[C@H]1C[S@@]2(=N)=O. The van der Waals surface area contributed by atoms with Crippen LogP contribution < -0.4 is 0 Å². The second-order valence-corrected chi connectivity index (χ2v) is 15.3. The van der Waals surface area contributed by atoms with Gasteiger partial charge in [0.1, 0.15) is 12.2 Å². The highest BCUT2D eigenvalue weighted by molar-refractivity contribution is 7.92. The van der Waals surface area contributed by atoms with Gasteiger partial charge in [-0.3, -0.25) is 0 Å². The number of hydrogen-bond donors (Lipinski definition) is 1. The molecule has 4 aromatic carbocycles. The van der Waals surface area contributed by atoms with Crippen molar-refractivity contribution in [3.63, 3.8) is 0 Å². The zero-order chi connectivity index (χ0) is 31.4. The molecule has 1 N–H and O–H groups in total. The van der Waals surface area contributed by atoms with E-state index in [1.54, 1.807) is 0 Å². The van der Waals surface area contributed by atoms with E-state index in [2.05, 4.69) is 26.8 Å². The Bertz CT molecular complexity index is 1660. The molecule has 0 radical (unpaired) electrons. The summed E-state index contributed by atoms with van der Waals surface area (Å²) in [4.78, 5) is 0.561. The van der Waals surface area contributed by atoms with E-state index in [4.69, 9.17) is 23.7 Å². The lowest BCUT2D eigenvalue weighted by molar-refractivity contribution is -0.245. The Morgan fingerprint density at radius 1 is 0.756 bits per heavy atom. The van der Waals surface area contributed by atoms with Crippen LogP contribution in [0.4, 0.5) is 0 Å². The molecule has 2 aliphatic heterocycles. The molecular formula is C38H43NO5S. The van der Waals surface area contributed by atoms with Crippen LogP contribution in [-0.4, -0.2) is 34.9 Å². The Morgan fingerprint density at radius 3 is 1.84 bits per heavy atom. The van der Waals surface area contributed by atoms with Gasteiger partial charge in [-0.15, -0.1) is 0 Å². The Morgan fingerprint density at radius 2 is 1.29 bits per heavy atom. The van der Waals surface area contributed by atoms with Crippen LogP contribution in [0, 0.1) is 10.7 Å². The lowest BCUT2D eigenvalue weighted by Gasteiger charge is -2.49. The van der Waals surface area contributed by atoms with Gasteiger partial charge in [-0.25, -0.2) is 8.99 Å². The van der Waals surface area contributed by atoms with E-state index in [1.165, 1.54) is 0 Å². The van der Waals surface area contributed by atoms with Crippen LogP contribution >= 0.6 is 0 Å². The number of benzene rings is 4. The molecule has 6 nitrogen and oxygen atoms in total. The van der Waals surface area contributed by atoms with Gasteiger partial charge < -0.3 is 18.9 Å². The number of rotatable bonds is 10. The molecule has 0 unspecified atom stereocenters. The predicted molar refractivity (Wildman–Crippen MR) is 176 cm³/mol. The van der Waals surface area contributed by atoms with E-state index in [1.807, 2.05) is 103 Å². The molecule has 1 fully saturated rings. The highest BCUT2D eigenvalue weighted by Crippen LogP contribution is 2.48. The molecule has 0 amide bonds. The molecule has 6 atom stereocenters. The van der Waals surface area contributed by atoms with Crippen LogP contribution in [0.2, 0.25) is 0 Å². The van der Waals surface area contributed by atoms with Crippen molar-refractivity contribution in [3.8, 4) is 0 Å². The molecule has 0 aliphatic carbocycles. The Kier molecular flexibility index (Phi) is 9.54. The third kappa shape index (κ3) is 7.40. The zero-order valence-corrected chi connectivity index (χ0v) is 27.1. The van der Waals surface area contributed by atoms with Crippen LogP contribution in [-0.2, 0) is 53.9 Å².